The molecule has 10 nitrogen and oxygen atoms in total. The molecule has 0 saturated heterocycles. The maximum absolute atomic E-state index is 13.2. The van der Waals surface area contributed by atoms with E-state index in [4.69, 9.17) is 4.74 Å². The van der Waals surface area contributed by atoms with Crippen molar-refractivity contribution in [3.8, 4) is 5.75 Å². The predicted octanol–water partition coefficient (Wildman–Crippen LogP) is 2.12. The molecule has 1 N–H and O–H groups in total. The Balaban J connectivity index is 2.10. The van der Waals surface area contributed by atoms with Crippen LogP contribution in [0.2, 0.25) is 0 Å². The van der Waals surface area contributed by atoms with E-state index in [2.05, 4.69) is 4.72 Å². The van der Waals surface area contributed by atoms with Crippen LogP contribution in [-0.2, 0) is 26.5 Å². The third-order valence-corrected chi connectivity index (χ3v) is 6.84. The average Bonchev–Trinajstić information content (AvgIpc) is 2.66. The second kappa shape index (κ2) is 7.52. The molecular weight excluding hydrogens is 422 g/mol. The normalized spacial score (nSPS) is 14.2. The Hall–Kier alpha value is -2.86. The predicted molar refractivity (Wildman–Crippen MR) is 107 cm³/mol. The molecule has 0 amide bonds. The summed E-state index contributed by atoms with van der Waals surface area (Å²) in [5, 5.41) is 11.3. The SMILES string of the molecule is COc1ccc(S(=O)(=O)N2CCCc3c(NS(C)(=O)=O)cccc32)cc1[N+](=O)[O-]. The fourth-order valence-electron chi connectivity index (χ4n) is 3.24. The summed E-state index contributed by atoms with van der Waals surface area (Å²) < 4.78 is 58.2. The van der Waals surface area contributed by atoms with Crippen molar-refractivity contribution in [2.24, 2.45) is 0 Å². The van der Waals surface area contributed by atoms with Gasteiger partial charge in [0, 0.05) is 18.2 Å². The van der Waals surface area contributed by atoms with Gasteiger partial charge in [0.1, 0.15) is 0 Å². The van der Waals surface area contributed by atoms with E-state index in [1.54, 1.807) is 18.2 Å². The first-order valence-electron chi connectivity index (χ1n) is 8.49. The molecule has 0 atom stereocenters. The Morgan fingerprint density at radius 3 is 2.52 bits per heavy atom. The number of sulfonamides is 2. The zero-order chi connectivity index (χ0) is 21.4. The minimum Gasteiger partial charge on any atom is -0.490 e. The molecule has 0 aromatic heterocycles. The molecule has 0 fully saturated rings. The summed E-state index contributed by atoms with van der Waals surface area (Å²) >= 11 is 0. The quantitative estimate of drug-likeness (QED) is 0.535. The minimum atomic E-state index is -4.12. The lowest BCUT2D eigenvalue weighted by Gasteiger charge is -2.31. The molecule has 156 valence electrons. The van der Waals surface area contributed by atoms with Crippen molar-refractivity contribution in [3.05, 3.63) is 52.1 Å². The largest absolute Gasteiger partial charge is 0.490 e. The van der Waals surface area contributed by atoms with Gasteiger partial charge < -0.3 is 4.74 Å². The van der Waals surface area contributed by atoms with Gasteiger partial charge in [-0.15, -0.1) is 0 Å². The third-order valence-electron chi connectivity index (χ3n) is 4.44. The van der Waals surface area contributed by atoms with Crippen LogP contribution in [0.25, 0.3) is 0 Å². The molecule has 0 aliphatic carbocycles. The van der Waals surface area contributed by atoms with E-state index in [9.17, 15) is 26.9 Å². The second-order valence-electron chi connectivity index (χ2n) is 6.45. The molecule has 12 heteroatoms. The fraction of sp³-hybridized carbons (Fsp3) is 0.294. The molecule has 3 rings (SSSR count). The highest BCUT2D eigenvalue weighted by atomic mass is 32.2. The van der Waals surface area contributed by atoms with Crippen LogP contribution in [0.5, 0.6) is 5.75 Å². The van der Waals surface area contributed by atoms with Crippen LogP contribution in [0, 0.1) is 10.1 Å². The zero-order valence-electron chi connectivity index (χ0n) is 15.7. The van der Waals surface area contributed by atoms with Crippen LogP contribution in [-0.4, -0.2) is 41.7 Å². The Morgan fingerprint density at radius 2 is 1.90 bits per heavy atom. The summed E-state index contributed by atoms with van der Waals surface area (Å²) in [6.45, 7) is 0.164. The first kappa shape index (κ1) is 20.9. The van der Waals surface area contributed by atoms with E-state index in [1.165, 1.54) is 19.2 Å². The third kappa shape index (κ3) is 4.12. The number of nitro groups is 1. The maximum Gasteiger partial charge on any atom is 0.312 e. The van der Waals surface area contributed by atoms with Crippen LogP contribution in [0.3, 0.4) is 0 Å². The smallest absolute Gasteiger partial charge is 0.312 e. The number of anilines is 2. The number of hydrogen-bond acceptors (Lipinski definition) is 7. The number of nitrogens with one attached hydrogen (secondary N) is 1. The molecular formula is C17H19N3O7S2. The van der Waals surface area contributed by atoms with Gasteiger partial charge in [-0.1, -0.05) is 6.07 Å². The van der Waals surface area contributed by atoms with Crippen molar-refractivity contribution >= 4 is 37.1 Å². The molecule has 2 aromatic carbocycles. The van der Waals surface area contributed by atoms with E-state index in [1.807, 2.05) is 0 Å². The highest BCUT2D eigenvalue weighted by molar-refractivity contribution is 7.93. The van der Waals surface area contributed by atoms with Gasteiger partial charge in [0.2, 0.25) is 10.0 Å². The number of rotatable bonds is 6. The van der Waals surface area contributed by atoms with Gasteiger partial charge in [0.15, 0.2) is 5.75 Å². The van der Waals surface area contributed by atoms with E-state index < -0.39 is 30.7 Å². The summed E-state index contributed by atoms with van der Waals surface area (Å²) in [6, 6.07) is 8.13. The lowest BCUT2D eigenvalue weighted by molar-refractivity contribution is -0.386. The van der Waals surface area contributed by atoms with Crippen molar-refractivity contribution in [2.45, 2.75) is 17.7 Å². The minimum absolute atomic E-state index is 0.0485. The lowest BCUT2D eigenvalue weighted by Crippen LogP contribution is -2.35. The van der Waals surface area contributed by atoms with Crippen LogP contribution < -0.4 is 13.8 Å². The molecule has 0 saturated carbocycles. The fourth-order valence-corrected chi connectivity index (χ4v) is 5.38. The highest BCUT2D eigenvalue weighted by Gasteiger charge is 2.32. The molecule has 1 heterocycles. The van der Waals surface area contributed by atoms with E-state index in [0.717, 1.165) is 16.6 Å². The number of fused-ring (bicyclic) bond motifs is 1. The van der Waals surface area contributed by atoms with Gasteiger partial charge >= 0.3 is 5.69 Å². The highest BCUT2D eigenvalue weighted by Crippen LogP contribution is 2.38. The molecule has 0 spiro atoms. The maximum atomic E-state index is 13.2. The van der Waals surface area contributed by atoms with Crippen molar-refractivity contribution in [1.29, 1.82) is 0 Å². The van der Waals surface area contributed by atoms with Gasteiger partial charge in [-0.25, -0.2) is 16.8 Å². The Morgan fingerprint density at radius 1 is 1.17 bits per heavy atom. The standard InChI is InChI=1S/C17H19N3O7S2/c1-27-17-9-8-12(11-16(17)20(21)22)29(25,26)19-10-4-5-13-14(18-28(2,23)24)6-3-7-15(13)19/h3,6-9,11,18H,4-5,10H2,1-2H3. The monoisotopic (exact) mass is 441 g/mol. The molecule has 0 unspecified atom stereocenters. The second-order valence-corrected chi connectivity index (χ2v) is 10.1. The number of nitro benzene ring substituents is 1. The Kier molecular flexibility index (Phi) is 5.41. The van der Waals surface area contributed by atoms with Crippen LogP contribution in [0.1, 0.15) is 12.0 Å². The molecule has 29 heavy (non-hydrogen) atoms. The van der Waals surface area contributed by atoms with Gasteiger partial charge in [-0.2, -0.15) is 0 Å². The molecule has 0 bridgehead atoms. The average molecular weight is 441 g/mol. The Labute approximate surface area is 168 Å². The molecule has 1 aliphatic heterocycles. The van der Waals surface area contributed by atoms with Crippen molar-refractivity contribution < 1.29 is 26.5 Å². The summed E-state index contributed by atoms with van der Waals surface area (Å²) in [4.78, 5) is 10.3. The number of hydrogen-bond donors (Lipinski definition) is 1. The van der Waals surface area contributed by atoms with Crippen molar-refractivity contribution in [2.75, 3.05) is 28.9 Å². The van der Waals surface area contributed by atoms with Crippen LogP contribution in [0.4, 0.5) is 17.1 Å². The summed E-state index contributed by atoms with van der Waals surface area (Å²) in [5.74, 6) is -0.0485. The summed E-state index contributed by atoms with van der Waals surface area (Å²) in [6.07, 6.45) is 1.97. The van der Waals surface area contributed by atoms with Gasteiger partial charge in [0.25, 0.3) is 10.0 Å². The number of methoxy groups -OCH3 is 1. The van der Waals surface area contributed by atoms with Crippen LogP contribution >= 0.6 is 0 Å². The Bertz CT molecular complexity index is 1180. The van der Waals surface area contributed by atoms with Gasteiger partial charge in [0.05, 0.1) is 34.6 Å². The zero-order valence-corrected chi connectivity index (χ0v) is 17.3. The number of ether oxygens (including phenoxy) is 1. The summed E-state index contributed by atoms with van der Waals surface area (Å²) in [5.41, 5.74) is 0.739. The van der Waals surface area contributed by atoms with Gasteiger partial charge in [-0.05, 0) is 37.1 Å². The van der Waals surface area contributed by atoms with Crippen LogP contribution in [0.15, 0.2) is 41.3 Å². The van der Waals surface area contributed by atoms with Crippen molar-refractivity contribution in [1.82, 2.24) is 0 Å². The number of nitrogens with zero attached hydrogens (tertiary/aromatic N) is 2. The topological polar surface area (TPSA) is 136 Å². The first-order chi connectivity index (χ1) is 13.5. The van der Waals surface area contributed by atoms with E-state index >= 15 is 0 Å². The van der Waals surface area contributed by atoms with E-state index in [0.29, 0.717) is 29.8 Å². The molecule has 0 radical (unpaired) electrons. The number of benzene rings is 2. The molecule has 2 aromatic rings. The summed E-state index contributed by atoms with van der Waals surface area (Å²) in [7, 11) is -6.41. The van der Waals surface area contributed by atoms with Gasteiger partial charge in [-0.3, -0.25) is 19.1 Å². The molecule has 1 aliphatic rings. The van der Waals surface area contributed by atoms with Crippen molar-refractivity contribution in [3.63, 3.8) is 0 Å². The lowest BCUT2D eigenvalue weighted by atomic mass is 10.0. The van der Waals surface area contributed by atoms with E-state index in [-0.39, 0.29) is 17.2 Å². The first-order valence-corrected chi connectivity index (χ1v) is 11.8.